The van der Waals surface area contributed by atoms with Gasteiger partial charge < -0.3 is 9.97 Å². The van der Waals surface area contributed by atoms with Crippen molar-refractivity contribution in [2.45, 2.75) is 65.8 Å². The van der Waals surface area contributed by atoms with Crippen LogP contribution in [-0.4, -0.2) is 39.6 Å². The van der Waals surface area contributed by atoms with Crippen molar-refractivity contribution in [3.05, 3.63) is 12.4 Å². The third-order valence-corrected chi connectivity index (χ3v) is 4.56. The van der Waals surface area contributed by atoms with Crippen LogP contribution in [0, 0.1) is 0 Å². The third kappa shape index (κ3) is 21.9. The summed E-state index contributed by atoms with van der Waals surface area (Å²) in [4.78, 5) is 20.6. The molecule has 0 atom stereocenters. The molecule has 1 heterocycles. The number of aromatic amines is 1. The second-order valence-electron chi connectivity index (χ2n) is 8.19. The molecule has 8 heteroatoms. The van der Waals surface area contributed by atoms with Gasteiger partial charge in [0.1, 0.15) is 23.7 Å². The number of hydrogen-bond donors (Lipinski definition) is 2. The standard InChI is InChI=1S/C6H12N2Si.C5H13NOSi.C3H9ClSi/c1-9(2,3)6-7-4-5-8-6;1-5(7)6-8(2,3)4;1-5(2,3)4/h4-5H,1-3H3,(H,7,8);1-4H3,(H,6,7);1-3H3. The van der Waals surface area contributed by atoms with Crippen molar-refractivity contribution in [1.29, 1.82) is 0 Å². The van der Waals surface area contributed by atoms with Crippen molar-refractivity contribution in [2.24, 2.45) is 0 Å². The van der Waals surface area contributed by atoms with E-state index in [0.29, 0.717) is 0 Å². The first kappa shape index (κ1) is 23.9. The molecule has 1 aromatic rings. The van der Waals surface area contributed by atoms with Crippen molar-refractivity contribution in [2.75, 3.05) is 0 Å². The van der Waals surface area contributed by atoms with E-state index in [1.807, 2.05) is 12.4 Å². The first-order valence-corrected chi connectivity index (χ1v) is 19.0. The number of nitrogens with zero attached hydrogens (tertiary/aromatic N) is 1. The van der Waals surface area contributed by atoms with Crippen molar-refractivity contribution >= 4 is 46.1 Å². The highest BCUT2D eigenvalue weighted by atomic mass is 35.6. The summed E-state index contributed by atoms with van der Waals surface area (Å²) < 4.78 is 0. The Morgan fingerprint density at radius 1 is 1.09 bits per heavy atom. The molecule has 1 aromatic heterocycles. The Kier molecular flexibility index (Phi) is 10.5. The van der Waals surface area contributed by atoms with Gasteiger partial charge in [0.25, 0.3) is 0 Å². The van der Waals surface area contributed by atoms with Gasteiger partial charge in [-0.1, -0.05) is 58.9 Å². The molecule has 1 rings (SSSR count). The molecule has 0 aliphatic rings. The summed E-state index contributed by atoms with van der Waals surface area (Å²) >= 11 is 5.67. The molecule has 2 N–H and O–H groups in total. The smallest absolute Gasteiger partial charge is 0.209 e. The number of rotatable bonds is 2. The van der Waals surface area contributed by atoms with Crippen molar-refractivity contribution in [3.63, 3.8) is 0 Å². The van der Waals surface area contributed by atoms with Gasteiger partial charge in [-0.2, -0.15) is 11.1 Å². The van der Waals surface area contributed by atoms with Crippen LogP contribution in [0.15, 0.2) is 12.4 Å². The maximum absolute atomic E-state index is 10.4. The molecule has 0 unspecified atom stereocenters. The second kappa shape index (κ2) is 9.69. The Bertz CT molecular complexity index is 412. The quantitative estimate of drug-likeness (QED) is 0.603. The summed E-state index contributed by atoms with van der Waals surface area (Å²) in [6.45, 7) is 20.9. The Morgan fingerprint density at radius 3 is 1.59 bits per heavy atom. The third-order valence-electron chi connectivity index (χ3n) is 1.76. The number of amides is 1. The van der Waals surface area contributed by atoms with Crippen LogP contribution in [0.2, 0.25) is 58.9 Å². The highest BCUT2D eigenvalue weighted by Gasteiger charge is 2.18. The van der Waals surface area contributed by atoms with E-state index in [0.717, 1.165) is 0 Å². The van der Waals surface area contributed by atoms with Gasteiger partial charge in [-0.3, -0.25) is 4.79 Å². The van der Waals surface area contributed by atoms with Crippen LogP contribution in [0.3, 0.4) is 0 Å². The summed E-state index contributed by atoms with van der Waals surface area (Å²) in [6.07, 6.45) is 3.70. The van der Waals surface area contributed by atoms with E-state index in [9.17, 15) is 4.79 Å². The molecular formula is C14H34ClN3OSi3. The van der Waals surface area contributed by atoms with Gasteiger partial charge in [0.15, 0.2) is 0 Å². The van der Waals surface area contributed by atoms with Crippen molar-refractivity contribution in [1.82, 2.24) is 15.0 Å². The minimum absolute atomic E-state index is 0.0872. The van der Waals surface area contributed by atoms with Crippen LogP contribution in [-0.2, 0) is 4.79 Å². The number of aromatic nitrogens is 2. The Morgan fingerprint density at radius 2 is 1.50 bits per heavy atom. The van der Waals surface area contributed by atoms with E-state index in [1.54, 1.807) is 6.92 Å². The van der Waals surface area contributed by atoms with Crippen LogP contribution in [0.25, 0.3) is 0 Å². The van der Waals surface area contributed by atoms with E-state index in [1.165, 1.54) is 5.45 Å². The fourth-order valence-corrected chi connectivity index (χ4v) is 3.24. The average molecular weight is 380 g/mol. The largest absolute Gasteiger partial charge is 0.383 e. The number of hydrogen-bond acceptors (Lipinski definition) is 2. The molecule has 0 spiro atoms. The Labute approximate surface area is 144 Å². The van der Waals surface area contributed by atoms with Crippen molar-refractivity contribution in [3.8, 4) is 0 Å². The molecule has 0 radical (unpaired) electrons. The molecule has 0 aliphatic carbocycles. The molecular weight excluding hydrogens is 346 g/mol. The van der Waals surface area contributed by atoms with Crippen LogP contribution >= 0.6 is 11.1 Å². The number of halogens is 1. The molecule has 22 heavy (non-hydrogen) atoms. The highest BCUT2D eigenvalue weighted by Crippen LogP contribution is 2.03. The Hall–Kier alpha value is -0.379. The molecule has 1 amide bonds. The second-order valence-corrected chi connectivity index (χ2v) is 25.4. The average Bonchev–Trinajstić information content (AvgIpc) is 2.61. The lowest BCUT2D eigenvalue weighted by atomic mass is 10.8. The van der Waals surface area contributed by atoms with Crippen molar-refractivity contribution < 1.29 is 4.79 Å². The van der Waals surface area contributed by atoms with Gasteiger partial charge in [0, 0.05) is 19.3 Å². The van der Waals surface area contributed by atoms with E-state index < -0.39 is 23.7 Å². The fraction of sp³-hybridized carbons (Fsp3) is 0.714. The molecule has 0 bridgehead atoms. The zero-order valence-electron chi connectivity index (χ0n) is 15.9. The van der Waals surface area contributed by atoms with Gasteiger partial charge in [-0.05, 0) is 0 Å². The van der Waals surface area contributed by atoms with Gasteiger partial charge in [-0.25, -0.2) is 4.98 Å². The SMILES string of the molecule is CC(=O)N[Si](C)(C)C.C[Si](C)(C)Cl.C[Si](C)(C)c1ncc[nH]1. The van der Waals surface area contributed by atoms with Gasteiger partial charge in [-0.15, -0.1) is 0 Å². The lowest BCUT2D eigenvalue weighted by Gasteiger charge is -2.15. The number of nitrogens with one attached hydrogen (secondary N) is 2. The zero-order valence-corrected chi connectivity index (χ0v) is 19.6. The highest BCUT2D eigenvalue weighted by molar-refractivity contribution is 7.18. The molecule has 0 fully saturated rings. The number of H-pyrrole nitrogens is 1. The maximum atomic E-state index is 10.4. The minimum atomic E-state index is -1.32. The van der Waals surface area contributed by atoms with Gasteiger partial charge in [0.2, 0.25) is 5.91 Å². The monoisotopic (exact) mass is 379 g/mol. The van der Waals surface area contributed by atoms with Crippen LogP contribution in [0.1, 0.15) is 6.92 Å². The number of imidazole rings is 1. The van der Waals surface area contributed by atoms with Gasteiger partial charge >= 0.3 is 0 Å². The lowest BCUT2D eigenvalue weighted by molar-refractivity contribution is -0.117. The van der Waals surface area contributed by atoms with E-state index >= 15 is 0 Å². The van der Waals surface area contributed by atoms with Crippen LogP contribution in [0.5, 0.6) is 0 Å². The van der Waals surface area contributed by atoms with E-state index in [-0.39, 0.29) is 5.91 Å². The first-order chi connectivity index (χ1) is 9.52. The predicted octanol–water partition coefficient (Wildman–Crippen LogP) is 3.97. The summed E-state index contributed by atoms with van der Waals surface area (Å²) in [5, 5.41) is 0. The maximum Gasteiger partial charge on any atom is 0.209 e. The van der Waals surface area contributed by atoms with Gasteiger partial charge in [0.05, 0.1) is 5.45 Å². The molecule has 0 saturated carbocycles. The number of carbonyl (C=O) groups is 1. The predicted molar refractivity (Wildman–Crippen MR) is 108 cm³/mol. The molecule has 4 nitrogen and oxygen atoms in total. The summed E-state index contributed by atoms with van der Waals surface area (Å²) in [5.74, 6) is 0.0872. The topological polar surface area (TPSA) is 57.8 Å². The summed E-state index contributed by atoms with van der Waals surface area (Å²) in [7, 11) is -3.61. The molecule has 0 saturated heterocycles. The van der Waals surface area contributed by atoms with Crippen LogP contribution < -0.4 is 10.4 Å². The van der Waals surface area contributed by atoms with E-state index in [2.05, 4.69) is 73.9 Å². The molecule has 0 aliphatic heterocycles. The summed E-state index contributed by atoms with van der Waals surface area (Å²) in [6, 6.07) is 0. The molecule has 130 valence electrons. The summed E-state index contributed by atoms with van der Waals surface area (Å²) in [5.41, 5.74) is 1.18. The minimum Gasteiger partial charge on any atom is -0.383 e. The zero-order chi connectivity index (χ0) is 18.2. The fourth-order valence-electron chi connectivity index (χ4n) is 1.20. The first-order valence-electron chi connectivity index (χ1n) is 7.50. The lowest BCUT2D eigenvalue weighted by Crippen LogP contribution is -2.43. The van der Waals surface area contributed by atoms with Crippen LogP contribution in [0.4, 0.5) is 0 Å². The Balaban J connectivity index is 0. The molecule has 0 aromatic carbocycles. The van der Waals surface area contributed by atoms with E-state index in [4.69, 9.17) is 11.1 Å². The normalized spacial score (nSPS) is 11.6. The number of carbonyl (C=O) groups excluding carboxylic acids is 1.